The number of amides is 2. The maximum atomic E-state index is 12.3. The van der Waals surface area contributed by atoms with Gasteiger partial charge >= 0.3 is 0 Å². The Labute approximate surface area is 138 Å². The molecule has 0 atom stereocenters. The Bertz CT molecular complexity index is 555. The Kier molecular flexibility index (Phi) is 6.39. The zero-order valence-electron chi connectivity index (χ0n) is 14.0. The average Bonchev–Trinajstić information content (AvgIpc) is 2.88. The molecule has 23 heavy (non-hydrogen) atoms. The van der Waals surface area contributed by atoms with Crippen molar-refractivity contribution in [2.45, 2.75) is 44.6 Å². The van der Waals surface area contributed by atoms with Crippen LogP contribution in [0.15, 0.2) is 30.3 Å². The summed E-state index contributed by atoms with van der Waals surface area (Å²) in [6, 6.07) is 7.58. The van der Waals surface area contributed by atoms with Crippen molar-refractivity contribution in [1.29, 1.82) is 0 Å². The second-order valence-corrected chi connectivity index (χ2v) is 6.13. The predicted octanol–water partition coefficient (Wildman–Crippen LogP) is 3.24. The fraction of sp³-hybridized carbons (Fsp3) is 0.474. The van der Waals surface area contributed by atoms with E-state index < -0.39 is 0 Å². The van der Waals surface area contributed by atoms with Gasteiger partial charge < -0.3 is 10.2 Å². The third-order valence-corrected chi connectivity index (χ3v) is 4.54. The van der Waals surface area contributed by atoms with E-state index in [1.807, 2.05) is 30.2 Å². The predicted molar refractivity (Wildman–Crippen MR) is 93.1 cm³/mol. The second kappa shape index (κ2) is 8.51. The minimum atomic E-state index is -0.107. The highest BCUT2D eigenvalue weighted by Gasteiger charge is 2.19. The number of benzene rings is 1. The molecule has 0 spiro atoms. The van der Waals surface area contributed by atoms with Crippen LogP contribution in [0.1, 0.15) is 54.4 Å². The molecular formula is C19H26N2O2. The molecule has 1 N–H and O–H groups in total. The van der Waals surface area contributed by atoms with Gasteiger partial charge in [0.05, 0.1) is 0 Å². The van der Waals surface area contributed by atoms with Gasteiger partial charge in [0, 0.05) is 31.8 Å². The van der Waals surface area contributed by atoms with Gasteiger partial charge in [0.15, 0.2) is 0 Å². The van der Waals surface area contributed by atoms with Crippen LogP contribution in [0.2, 0.25) is 0 Å². The van der Waals surface area contributed by atoms with Crippen LogP contribution in [-0.4, -0.2) is 36.9 Å². The lowest BCUT2D eigenvalue weighted by atomic mass is 10.1. The normalized spacial score (nSPS) is 16.1. The van der Waals surface area contributed by atoms with Crippen molar-refractivity contribution < 1.29 is 9.59 Å². The minimum absolute atomic E-state index is 0.0484. The van der Waals surface area contributed by atoms with Gasteiger partial charge in [-0.15, -0.1) is 0 Å². The van der Waals surface area contributed by atoms with Crippen molar-refractivity contribution >= 4 is 17.9 Å². The standard InChI is InChI=1S/C19H26N2O2/c1-20-19(23)16-12-9-15(10-13-16)11-14-18(22)21(2)17-7-5-3-4-6-8-17/h9-14,17H,3-8H2,1-2H3,(H,20,23)/b14-11+. The number of likely N-dealkylation sites (N-methyl/N-ethyl adjacent to an activating group) is 1. The molecule has 4 nitrogen and oxygen atoms in total. The van der Waals surface area contributed by atoms with E-state index in [1.165, 1.54) is 25.7 Å². The fourth-order valence-corrected chi connectivity index (χ4v) is 3.00. The highest BCUT2D eigenvalue weighted by atomic mass is 16.2. The highest BCUT2D eigenvalue weighted by molar-refractivity contribution is 5.94. The van der Waals surface area contributed by atoms with Gasteiger partial charge in [0.25, 0.3) is 5.91 Å². The molecule has 1 aliphatic rings. The first kappa shape index (κ1) is 17.3. The number of carbonyl (C=O) groups excluding carboxylic acids is 2. The molecule has 0 saturated heterocycles. The minimum Gasteiger partial charge on any atom is -0.355 e. The quantitative estimate of drug-likeness (QED) is 0.685. The van der Waals surface area contributed by atoms with E-state index in [1.54, 1.807) is 25.3 Å². The Morgan fingerprint density at radius 3 is 2.26 bits per heavy atom. The Hall–Kier alpha value is -2.10. The summed E-state index contributed by atoms with van der Waals surface area (Å²) in [6.07, 6.45) is 10.6. The molecule has 1 aromatic carbocycles. The van der Waals surface area contributed by atoms with Crippen LogP contribution in [0, 0.1) is 0 Å². The molecule has 1 fully saturated rings. The summed E-state index contributed by atoms with van der Waals surface area (Å²) in [4.78, 5) is 25.7. The Balaban J connectivity index is 1.95. The zero-order chi connectivity index (χ0) is 16.7. The largest absolute Gasteiger partial charge is 0.355 e. The topological polar surface area (TPSA) is 49.4 Å². The van der Waals surface area contributed by atoms with Gasteiger partial charge in [-0.25, -0.2) is 0 Å². The highest BCUT2D eigenvalue weighted by Crippen LogP contribution is 2.21. The van der Waals surface area contributed by atoms with E-state index in [9.17, 15) is 9.59 Å². The Morgan fingerprint density at radius 1 is 1.09 bits per heavy atom. The first-order valence-electron chi connectivity index (χ1n) is 8.39. The summed E-state index contributed by atoms with van der Waals surface area (Å²) in [7, 11) is 3.51. The maximum absolute atomic E-state index is 12.3. The Morgan fingerprint density at radius 2 is 1.70 bits per heavy atom. The summed E-state index contributed by atoms with van der Waals surface area (Å²) >= 11 is 0. The SMILES string of the molecule is CNC(=O)c1ccc(/C=C/C(=O)N(C)C2CCCCCC2)cc1. The summed E-state index contributed by atoms with van der Waals surface area (Å²) in [6.45, 7) is 0. The van der Waals surface area contributed by atoms with Gasteiger partial charge in [0.1, 0.15) is 0 Å². The molecule has 1 saturated carbocycles. The van der Waals surface area contributed by atoms with Crippen molar-refractivity contribution in [3.05, 3.63) is 41.5 Å². The molecule has 0 heterocycles. The van der Waals surface area contributed by atoms with Crippen molar-refractivity contribution in [3.63, 3.8) is 0 Å². The van der Waals surface area contributed by atoms with Crippen molar-refractivity contribution in [2.24, 2.45) is 0 Å². The van der Waals surface area contributed by atoms with Gasteiger partial charge in [-0.1, -0.05) is 37.8 Å². The lowest BCUT2D eigenvalue weighted by molar-refractivity contribution is -0.126. The van der Waals surface area contributed by atoms with Crippen LogP contribution in [0.5, 0.6) is 0 Å². The van der Waals surface area contributed by atoms with Crippen LogP contribution in [-0.2, 0) is 4.79 Å². The molecule has 0 unspecified atom stereocenters. The van der Waals surface area contributed by atoms with E-state index >= 15 is 0 Å². The lowest BCUT2D eigenvalue weighted by Gasteiger charge is -2.26. The lowest BCUT2D eigenvalue weighted by Crippen LogP contribution is -2.35. The van der Waals surface area contributed by atoms with Crippen LogP contribution in [0.3, 0.4) is 0 Å². The van der Waals surface area contributed by atoms with Crippen LogP contribution >= 0.6 is 0 Å². The summed E-state index contributed by atoms with van der Waals surface area (Å²) in [5.74, 6) is -0.0584. The third kappa shape index (κ3) is 4.95. The van der Waals surface area contributed by atoms with E-state index in [0.717, 1.165) is 18.4 Å². The number of nitrogens with one attached hydrogen (secondary N) is 1. The molecule has 1 aromatic rings. The van der Waals surface area contributed by atoms with Gasteiger partial charge in [-0.2, -0.15) is 0 Å². The number of carbonyl (C=O) groups is 2. The van der Waals surface area contributed by atoms with Crippen LogP contribution in [0.4, 0.5) is 0 Å². The molecule has 2 amide bonds. The average molecular weight is 314 g/mol. The number of hydrogen-bond acceptors (Lipinski definition) is 2. The smallest absolute Gasteiger partial charge is 0.251 e. The molecule has 0 aromatic heterocycles. The molecule has 0 radical (unpaired) electrons. The summed E-state index contributed by atoms with van der Waals surface area (Å²) < 4.78 is 0. The van der Waals surface area contributed by atoms with Crippen LogP contribution in [0.25, 0.3) is 6.08 Å². The molecular weight excluding hydrogens is 288 g/mol. The number of nitrogens with zero attached hydrogens (tertiary/aromatic N) is 1. The fourth-order valence-electron chi connectivity index (χ4n) is 3.00. The molecule has 1 aliphatic carbocycles. The maximum Gasteiger partial charge on any atom is 0.251 e. The molecule has 0 bridgehead atoms. The van der Waals surface area contributed by atoms with Gasteiger partial charge in [-0.3, -0.25) is 9.59 Å². The number of rotatable bonds is 4. The van der Waals surface area contributed by atoms with Gasteiger partial charge in [0.2, 0.25) is 5.91 Å². The molecule has 124 valence electrons. The van der Waals surface area contributed by atoms with Crippen LogP contribution < -0.4 is 5.32 Å². The monoisotopic (exact) mass is 314 g/mol. The molecule has 4 heteroatoms. The van der Waals surface area contributed by atoms with E-state index in [4.69, 9.17) is 0 Å². The van der Waals surface area contributed by atoms with Gasteiger partial charge in [-0.05, 0) is 36.6 Å². The number of hydrogen-bond donors (Lipinski definition) is 1. The van der Waals surface area contributed by atoms with Crippen molar-refractivity contribution in [2.75, 3.05) is 14.1 Å². The molecule has 0 aliphatic heterocycles. The zero-order valence-corrected chi connectivity index (χ0v) is 14.0. The van der Waals surface area contributed by atoms with Crippen molar-refractivity contribution in [1.82, 2.24) is 10.2 Å². The first-order chi connectivity index (χ1) is 11.1. The second-order valence-electron chi connectivity index (χ2n) is 6.13. The summed E-state index contributed by atoms with van der Waals surface area (Å²) in [5.41, 5.74) is 1.53. The van der Waals surface area contributed by atoms with E-state index in [-0.39, 0.29) is 11.8 Å². The first-order valence-corrected chi connectivity index (χ1v) is 8.39. The third-order valence-electron chi connectivity index (χ3n) is 4.54. The molecule has 2 rings (SSSR count). The van der Waals surface area contributed by atoms with E-state index in [0.29, 0.717) is 11.6 Å². The summed E-state index contributed by atoms with van der Waals surface area (Å²) in [5, 5.41) is 2.59. The van der Waals surface area contributed by atoms with E-state index in [2.05, 4.69) is 5.32 Å². The van der Waals surface area contributed by atoms with Crippen molar-refractivity contribution in [3.8, 4) is 0 Å².